The second-order valence-electron chi connectivity index (χ2n) is 5.15. The van der Waals surface area contributed by atoms with Gasteiger partial charge in [0.25, 0.3) is 5.91 Å². The highest BCUT2D eigenvalue weighted by Crippen LogP contribution is 2.31. The first-order valence-electron chi connectivity index (χ1n) is 6.36. The summed E-state index contributed by atoms with van der Waals surface area (Å²) < 4.78 is 0.697. The first-order chi connectivity index (χ1) is 9.34. The summed E-state index contributed by atoms with van der Waals surface area (Å²) in [7, 11) is 0. The predicted octanol–water partition coefficient (Wildman–Crippen LogP) is 3.57. The summed E-state index contributed by atoms with van der Waals surface area (Å²) in [5, 5.41) is 9.89. The van der Waals surface area contributed by atoms with Crippen LogP contribution in [0.15, 0.2) is 22.7 Å². The molecule has 0 spiro atoms. The van der Waals surface area contributed by atoms with Crippen molar-refractivity contribution < 1.29 is 14.7 Å². The summed E-state index contributed by atoms with van der Waals surface area (Å²) >= 11 is 9.24. The molecule has 4 nitrogen and oxygen atoms in total. The van der Waals surface area contributed by atoms with Crippen molar-refractivity contribution in [1.82, 2.24) is 4.90 Å². The molecule has 1 unspecified atom stereocenters. The van der Waals surface area contributed by atoms with Crippen LogP contribution in [0.25, 0.3) is 0 Å². The number of amides is 1. The third-order valence-electron chi connectivity index (χ3n) is 3.71. The molecule has 1 aliphatic rings. The molecule has 0 bridgehead atoms. The van der Waals surface area contributed by atoms with Crippen LogP contribution in [-0.4, -0.2) is 34.0 Å². The van der Waals surface area contributed by atoms with E-state index in [0.717, 1.165) is 12.8 Å². The van der Waals surface area contributed by atoms with E-state index in [4.69, 9.17) is 11.6 Å². The largest absolute Gasteiger partial charge is 0.480 e. The molecule has 1 amide bonds. The Kier molecular flexibility index (Phi) is 4.39. The van der Waals surface area contributed by atoms with E-state index in [-0.39, 0.29) is 5.91 Å². The van der Waals surface area contributed by atoms with Gasteiger partial charge < -0.3 is 10.0 Å². The molecule has 1 fully saturated rings. The van der Waals surface area contributed by atoms with Crippen molar-refractivity contribution in [3.63, 3.8) is 0 Å². The number of hydrogen-bond acceptors (Lipinski definition) is 2. The number of carbonyl (C=O) groups excluding carboxylic acids is 1. The van der Waals surface area contributed by atoms with E-state index in [2.05, 4.69) is 15.9 Å². The smallest absolute Gasteiger partial charge is 0.329 e. The number of nitrogens with zero attached hydrogens (tertiary/aromatic N) is 1. The molecule has 1 N–H and O–H groups in total. The Morgan fingerprint density at radius 3 is 2.65 bits per heavy atom. The quantitative estimate of drug-likeness (QED) is 0.877. The molecule has 0 aliphatic carbocycles. The summed E-state index contributed by atoms with van der Waals surface area (Å²) in [5.41, 5.74) is -0.747. The molecule has 2 rings (SSSR count). The molecular weight excluding hydrogens is 346 g/mol. The maximum absolute atomic E-state index is 12.6. The lowest BCUT2D eigenvalue weighted by atomic mass is 9.88. The number of rotatable bonds is 2. The normalized spacial score (nSPS) is 22.6. The molecule has 0 aromatic heterocycles. The van der Waals surface area contributed by atoms with E-state index >= 15 is 0 Å². The Hall–Kier alpha value is -1.07. The van der Waals surface area contributed by atoms with E-state index in [0.29, 0.717) is 28.0 Å². The van der Waals surface area contributed by atoms with Gasteiger partial charge >= 0.3 is 5.97 Å². The van der Waals surface area contributed by atoms with E-state index in [1.54, 1.807) is 25.1 Å². The number of carboxylic acids is 1. The molecule has 1 saturated heterocycles. The maximum Gasteiger partial charge on any atom is 0.329 e. The molecule has 108 valence electrons. The van der Waals surface area contributed by atoms with Crippen molar-refractivity contribution in [2.45, 2.75) is 31.7 Å². The van der Waals surface area contributed by atoms with Crippen LogP contribution in [0.3, 0.4) is 0 Å². The predicted molar refractivity (Wildman–Crippen MR) is 80.1 cm³/mol. The molecule has 20 heavy (non-hydrogen) atoms. The van der Waals surface area contributed by atoms with Crippen LogP contribution in [0.4, 0.5) is 0 Å². The molecule has 6 heteroatoms. The molecule has 1 aliphatic heterocycles. The van der Waals surface area contributed by atoms with Crippen LogP contribution in [-0.2, 0) is 4.79 Å². The Bertz CT molecular complexity index is 543. The van der Waals surface area contributed by atoms with E-state index in [1.165, 1.54) is 4.90 Å². The Balaban J connectivity index is 2.37. The van der Waals surface area contributed by atoms with Crippen molar-refractivity contribution in [2.24, 2.45) is 0 Å². The Morgan fingerprint density at radius 1 is 1.35 bits per heavy atom. The lowest BCUT2D eigenvalue weighted by Crippen LogP contribution is -2.57. The minimum Gasteiger partial charge on any atom is -0.480 e. The van der Waals surface area contributed by atoms with Crippen LogP contribution < -0.4 is 0 Å². The van der Waals surface area contributed by atoms with Crippen molar-refractivity contribution in [3.05, 3.63) is 33.3 Å². The number of carboxylic acid groups (broad SMARTS) is 1. The van der Waals surface area contributed by atoms with Gasteiger partial charge in [-0.1, -0.05) is 27.5 Å². The molecule has 0 radical (unpaired) electrons. The van der Waals surface area contributed by atoms with Crippen molar-refractivity contribution in [2.75, 3.05) is 6.54 Å². The van der Waals surface area contributed by atoms with Gasteiger partial charge in [0, 0.05) is 21.6 Å². The molecule has 1 heterocycles. The Morgan fingerprint density at radius 2 is 2.05 bits per heavy atom. The monoisotopic (exact) mass is 359 g/mol. The molecule has 0 saturated carbocycles. The highest BCUT2D eigenvalue weighted by molar-refractivity contribution is 9.10. The van der Waals surface area contributed by atoms with Crippen molar-refractivity contribution >= 4 is 39.4 Å². The standard InChI is InChI=1S/C14H15BrClNO3/c1-14(13(19)20)4-2-3-5-17(14)12(18)9-6-10(15)8-11(16)7-9/h6-8H,2-5H2,1H3,(H,19,20). The lowest BCUT2D eigenvalue weighted by molar-refractivity contribution is -0.150. The third-order valence-corrected chi connectivity index (χ3v) is 4.38. The van der Waals surface area contributed by atoms with Crippen LogP contribution in [0, 0.1) is 0 Å². The summed E-state index contributed by atoms with van der Waals surface area (Å²) in [6, 6.07) is 4.90. The second-order valence-corrected chi connectivity index (χ2v) is 6.50. The zero-order valence-corrected chi connectivity index (χ0v) is 13.4. The SMILES string of the molecule is CC1(C(=O)O)CCCCN1C(=O)c1cc(Cl)cc(Br)c1. The first kappa shape index (κ1) is 15.3. The van der Waals surface area contributed by atoms with Gasteiger partial charge in [-0.2, -0.15) is 0 Å². The van der Waals surface area contributed by atoms with Crippen molar-refractivity contribution in [3.8, 4) is 0 Å². The third kappa shape index (κ3) is 2.83. The Labute approximate surface area is 130 Å². The van der Waals surface area contributed by atoms with Gasteiger partial charge in [0.1, 0.15) is 5.54 Å². The highest BCUT2D eigenvalue weighted by atomic mass is 79.9. The van der Waals surface area contributed by atoms with Gasteiger partial charge in [-0.25, -0.2) is 4.79 Å². The zero-order valence-electron chi connectivity index (χ0n) is 11.0. The number of benzene rings is 1. The van der Waals surface area contributed by atoms with Crippen LogP contribution >= 0.6 is 27.5 Å². The maximum atomic E-state index is 12.6. The van der Waals surface area contributed by atoms with Gasteiger partial charge in [0.2, 0.25) is 0 Å². The van der Waals surface area contributed by atoms with Gasteiger partial charge in [-0.05, 0) is 44.4 Å². The number of hydrogen-bond donors (Lipinski definition) is 1. The fraction of sp³-hybridized carbons (Fsp3) is 0.429. The lowest BCUT2D eigenvalue weighted by Gasteiger charge is -2.41. The second kappa shape index (κ2) is 5.74. The van der Waals surface area contributed by atoms with E-state index in [9.17, 15) is 14.7 Å². The fourth-order valence-corrected chi connectivity index (χ4v) is 3.36. The molecule has 1 aromatic carbocycles. The number of likely N-dealkylation sites (tertiary alicyclic amines) is 1. The molecule has 1 atom stereocenters. The van der Waals surface area contributed by atoms with Crippen LogP contribution in [0.1, 0.15) is 36.5 Å². The fourth-order valence-electron chi connectivity index (χ4n) is 2.50. The minimum absolute atomic E-state index is 0.294. The summed E-state index contributed by atoms with van der Waals surface area (Å²) in [5.74, 6) is -1.26. The number of aliphatic carboxylic acids is 1. The average molecular weight is 361 g/mol. The molecule has 1 aromatic rings. The molecular formula is C14H15BrClNO3. The summed E-state index contributed by atoms with van der Waals surface area (Å²) in [6.45, 7) is 2.05. The first-order valence-corrected chi connectivity index (χ1v) is 7.53. The number of piperidine rings is 1. The zero-order chi connectivity index (χ0) is 14.9. The van der Waals surface area contributed by atoms with Crippen molar-refractivity contribution in [1.29, 1.82) is 0 Å². The van der Waals surface area contributed by atoms with Gasteiger partial charge in [-0.15, -0.1) is 0 Å². The highest BCUT2D eigenvalue weighted by Gasteiger charge is 2.44. The number of halogens is 2. The number of carbonyl (C=O) groups is 2. The topological polar surface area (TPSA) is 57.6 Å². The minimum atomic E-state index is -1.15. The average Bonchev–Trinajstić information content (AvgIpc) is 2.37. The van der Waals surface area contributed by atoms with Gasteiger partial charge in [0.15, 0.2) is 0 Å². The van der Waals surface area contributed by atoms with Crippen LogP contribution in [0.5, 0.6) is 0 Å². The summed E-state index contributed by atoms with van der Waals surface area (Å²) in [6.07, 6.45) is 2.10. The van der Waals surface area contributed by atoms with E-state index < -0.39 is 11.5 Å². The summed E-state index contributed by atoms with van der Waals surface area (Å²) in [4.78, 5) is 25.6. The van der Waals surface area contributed by atoms with Gasteiger partial charge in [0.05, 0.1) is 0 Å². The van der Waals surface area contributed by atoms with E-state index in [1.807, 2.05) is 0 Å². The van der Waals surface area contributed by atoms with Gasteiger partial charge in [-0.3, -0.25) is 4.79 Å². The van der Waals surface area contributed by atoms with Crippen LogP contribution in [0.2, 0.25) is 5.02 Å².